The van der Waals surface area contributed by atoms with Gasteiger partial charge in [-0.2, -0.15) is 0 Å². The molecule has 0 saturated heterocycles. The summed E-state index contributed by atoms with van der Waals surface area (Å²) in [5.41, 5.74) is 1.40. The van der Waals surface area contributed by atoms with Crippen LogP contribution >= 0.6 is 23.8 Å². The smallest absolute Gasteiger partial charge is 0.178 e. The molecule has 1 aromatic carbocycles. The Kier molecular flexibility index (Phi) is 3.73. The minimum Gasteiger partial charge on any atom is -0.331 e. The predicted molar refractivity (Wildman–Crippen MR) is 79.9 cm³/mol. The van der Waals surface area contributed by atoms with Gasteiger partial charge in [0, 0.05) is 18.2 Å². The van der Waals surface area contributed by atoms with Gasteiger partial charge in [-0.1, -0.05) is 11.6 Å². The number of imidazole rings is 1. The normalized spacial score (nSPS) is 12.6. The molecule has 2 aromatic rings. The maximum Gasteiger partial charge on any atom is 0.178 e. The van der Waals surface area contributed by atoms with Gasteiger partial charge in [0.1, 0.15) is 5.82 Å². The summed E-state index contributed by atoms with van der Waals surface area (Å²) >= 11 is 11.1. The summed E-state index contributed by atoms with van der Waals surface area (Å²) in [6.45, 7) is 4.89. The third-order valence-electron chi connectivity index (χ3n) is 3.57. The number of aromatic nitrogens is 2. The van der Waals surface area contributed by atoms with Crippen LogP contribution in [0, 0.1) is 10.6 Å². The van der Waals surface area contributed by atoms with E-state index in [0.29, 0.717) is 11.3 Å². The van der Waals surface area contributed by atoms with E-state index in [1.54, 1.807) is 6.07 Å². The number of nitrogens with zero attached hydrogens (tertiary/aromatic N) is 2. The van der Waals surface area contributed by atoms with E-state index in [-0.39, 0.29) is 10.6 Å². The highest BCUT2D eigenvalue weighted by Gasteiger charge is 2.23. The van der Waals surface area contributed by atoms with Crippen molar-refractivity contribution in [2.75, 3.05) is 14.1 Å². The second-order valence-electron chi connectivity index (χ2n) is 5.51. The maximum atomic E-state index is 13.6. The Morgan fingerprint density at radius 1 is 1.42 bits per heavy atom. The van der Waals surface area contributed by atoms with Gasteiger partial charge in [-0.25, -0.2) is 4.39 Å². The number of H-pyrrole nitrogens is 1. The zero-order valence-corrected chi connectivity index (χ0v) is 13.0. The number of rotatable bonds is 3. The molecule has 0 fully saturated rings. The molecule has 1 N–H and O–H groups in total. The lowest BCUT2D eigenvalue weighted by atomic mass is 10.0. The van der Waals surface area contributed by atoms with E-state index in [4.69, 9.17) is 23.8 Å². The van der Waals surface area contributed by atoms with E-state index < -0.39 is 5.82 Å². The molecular weight excluding hydrogens is 285 g/mol. The van der Waals surface area contributed by atoms with Crippen molar-refractivity contribution in [3.63, 3.8) is 0 Å². The van der Waals surface area contributed by atoms with Crippen molar-refractivity contribution >= 4 is 34.9 Å². The van der Waals surface area contributed by atoms with Crippen molar-refractivity contribution in [2.45, 2.75) is 25.9 Å². The van der Waals surface area contributed by atoms with Gasteiger partial charge in [-0.3, -0.25) is 0 Å². The molecule has 2 rings (SSSR count). The number of fused-ring (bicyclic) bond motifs is 1. The van der Waals surface area contributed by atoms with Crippen LogP contribution in [0.1, 0.15) is 13.8 Å². The van der Waals surface area contributed by atoms with Gasteiger partial charge in [-0.15, -0.1) is 0 Å². The van der Waals surface area contributed by atoms with Crippen LogP contribution in [0.5, 0.6) is 0 Å². The molecule has 0 saturated carbocycles. The van der Waals surface area contributed by atoms with Crippen LogP contribution in [0.25, 0.3) is 11.0 Å². The average molecular weight is 302 g/mol. The minimum absolute atomic E-state index is 0.0938. The summed E-state index contributed by atoms with van der Waals surface area (Å²) in [6.07, 6.45) is 0. The highest BCUT2D eigenvalue weighted by atomic mass is 35.5. The van der Waals surface area contributed by atoms with Crippen LogP contribution in [-0.4, -0.2) is 34.1 Å². The van der Waals surface area contributed by atoms with Crippen molar-refractivity contribution in [1.82, 2.24) is 14.5 Å². The Bertz CT molecular complexity index is 672. The summed E-state index contributed by atoms with van der Waals surface area (Å²) < 4.78 is 16.1. The van der Waals surface area contributed by atoms with Gasteiger partial charge in [0.25, 0.3) is 0 Å². The van der Waals surface area contributed by atoms with Gasteiger partial charge in [0.2, 0.25) is 0 Å². The number of likely N-dealkylation sites (N-methyl/N-ethyl adjacent to an activating group) is 1. The number of benzene rings is 1. The van der Waals surface area contributed by atoms with Crippen LogP contribution in [-0.2, 0) is 6.54 Å². The monoisotopic (exact) mass is 301 g/mol. The van der Waals surface area contributed by atoms with Crippen LogP contribution in [0.2, 0.25) is 5.02 Å². The van der Waals surface area contributed by atoms with Gasteiger partial charge in [0.05, 0.1) is 16.1 Å². The molecule has 0 amide bonds. The highest BCUT2D eigenvalue weighted by Crippen LogP contribution is 2.24. The van der Waals surface area contributed by atoms with Crippen molar-refractivity contribution in [2.24, 2.45) is 0 Å². The first-order valence-electron chi connectivity index (χ1n) is 5.97. The molecule has 1 heterocycles. The van der Waals surface area contributed by atoms with Crippen molar-refractivity contribution in [3.05, 3.63) is 27.7 Å². The van der Waals surface area contributed by atoms with E-state index >= 15 is 0 Å². The summed E-state index contributed by atoms with van der Waals surface area (Å²) in [5, 5.41) is 0.0998. The molecule has 1 aromatic heterocycles. The second kappa shape index (κ2) is 4.89. The van der Waals surface area contributed by atoms with Crippen LogP contribution < -0.4 is 0 Å². The van der Waals surface area contributed by atoms with E-state index in [9.17, 15) is 4.39 Å². The fourth-order valence-electron chi connectivity index (χ4n) is 1.84. The van der Waals surface area contributed by atoms with Crippen molar-refractivity contribution < 1.29 is 4.39 Å². The highest BCUT2D eigenvalue weighted by molar-refractivity contribution is 7.71. The molecule has 0 spiro atoms. The van der Waals surface area contributed by atoms with Crippen molar-refractivity contribution in [1.29, 1.82) is 0 Å². The molecule has 0 aliphatic carbocycles. The maximum absolute atomic E-state index is 13.6. The Labute approximate surface area is 122 Å². The molecule has 3 nitrogen and oxygen atoms in total. The lowest BCUT2D eigenvalue weighted by Crippen LogP contribution is -2.42. The molecule has 0 unspecified atom stereocenters. The van der Waals surface area contributed by atoms with E-state index in [0.717, 1.165) is 11.0 Å². The van der Waals surface area contributed by atoms with Gasteiger partial charge >= 0.3 is 0 Å². The SMILES string of the molecule is CN(C)C(C)(C)Cn1c(=S)[nH]c2cc(Cl)c(F)cc21. The predicted octanol–water partition coefficient (Wildman–Crippen LogP) is 3.83. The quantitative estimate of drug-likeness (QED) is 0.871. The molecule has 0 atom stereocenters. The Hall–Kier alpha value is -0.910. The van der Waals surface area contributed by atoms with Gasteiger partial charge < -0.3 is 14.5 Å². The van der Waals surface area contributed by atoms with Crippen LogP contribution in [0.4, 0.5) is 4.39 Å². The molecule has 6 heteroatoms. The lowest BCUT2D eigenvalue weighted by molar-refractivity contribution is 0.170. The number of hydrogen-bond donors (Lipinski definition) is 1. The van der Waals surface area contributed by atoms with E-state index in [2.05, 4.69) is 23.7 Å². The van der Waals surface area contributed by atoms with Crippen molar-refractivity contribution in [3.8, 4) is 0 Å². The third-order valence-corrected chi connectivity index (χ3v) is 4.18. The number of aromatic amines is 1. The molecule has 0 radical (unpaired) electrons. The summed E-state index contributed by atoms with van der Waals surface area (Å²) in [7, 11) is 4.02. The van der Waals surface area contributed by atoms with E-state index in [1.807, 2.05) is 18.7 Å². The van der Waals surface area contributed by atoms with Gasteiger partial charge in [0.15, 0.2) is 4.77 Å². The number of nitrogens with one attached hydrogen (secondary N) is 1. The fourth-order valence-corrected chi connectivity index (χ4v) is 2.27. The summed E-state index contributed by atoms with van der Waals surface area (Å²) in [4.78, 5) is 5.18. The lowest BCUT2D eigenvalue weighted by Gasteiger charge is -2.33. The molecule has 0 aliphatic heterocycles. The number of halogens is 2. The van der Waals surface area contributed by atoms with E-state index in [1.165, 1.54) is 6.07 Å². The largest absolute Gasteiger partial charge is 0.331 e. The molecular formula is C13H17ClFN3S. The van der Waals surface area contributed by atoms with Gasteiger partial charge in [-0.05, 0) is 46.2 Å². The average Bonchev–Trinajstić information content (AvgIpc) is 2.56. The Morgan fingerprint density at radius 2 is 2.05 bits per heavy atom. The van der Waals surface area contributed by atoms with Crippen LogP contribution in [0.3, 0.4) is 0 Å². The first-order valence-corrected chi connectivity index (χ1v) is 6.76. The van der Waals surface area contributed by atoms with Crippen LogP contribution in [0.15, 0.2) is 12.1 Å². The Morgan fingerprint density at radius 3 is 2.63 bits per heavy atom. The third kappa shape index (κ3) is 2.68. The second-order valence-corrected chi connectivity index (χ2v) is 6.30. The standard InChI is InChI=1S/C13H17ClFN3S/c1-13(2,17(3)4)7-18-11-6-9(15)8(14)5-10(11)16-12(18)19/h5-6H,7H2,1-4H3,(H,16,19). The topological polar surface area (TPSA) is 24.0 Å². The molecule has 0 bridgehead atoms. The zero-order valence-electron chi connectivity index (χ0n) is 11.4. The minimum atomic E-state index is -0.431. The molecule has 0 aliphatic rings. The Balaban J connectivity index is 2.58. The first-order chi connectivity index (χ1) is 8.72. The summed E-state index contributed by atoms with van der Waals surface area (Å²) in [6, 6.07) is 3.00. The molecule has 19 heavy (non-hydrogen) atoms. The fraction of sp³-hybridized carbons (Fsp3) is 0.462. The summed E-state index contributed by atoms with van der Waals surface area (Å²) in [5.74, 6) is -0.431. The first kappa shape index (κ1) is 14.5. The number of hydrogen-bond acceptors (Lipinski definition) is 2. The zero-order chi connectivity index (χ0) is 14.4. The molecule has 104 valence electrons.